The number of aldehydes is 1. The van der Waals surface area contributed by atoms with Crippen molar-refractivity contribution in [2.75, 3.05) is 27.6 Å². The van der Waals surface area contributed by atoms with Crippen LogP contribution in [0.2, 0.25) is 25.7 Å². The minimum Gasteiger partial charge on any atom is -0.497 e. The summed E-state index contributed by atoms with van der Waals surface area (Å²) in [6.07, 6.45) is 3.70. The number of rotatable bonds is 12. The van der Waals surface area contributed by atoms with Gasteiger partial charge in [0, 0.05) is 21.3 Å². The fourth-order valence-corrected chi connectivity index (χ4v) is 4.04. The third-order valence-electron chi connectivity index (χ3n) is 4.98. The van der Waals surface area contributed by atoms with Crippen molar-refractivity contribution in [3.63, 3.8) is 0 Å². The lowest BCUT2D eigenvalue weighted by Crippen LogP contribution is -2.23. The smallest absolute Gasteiger partial charge is 0.342 e. The zero-order valence-corrected chi connectivity index (χ0v) is 21.6. The van der Waals surface area contributed by atoms with Crippen molar-refractivity contribution in [3.05, 3.63) is 29.3 Å². The molecule has 0 saturated carbocycles. The number of hydrogen-bond donors (Lipinski definition) is 0. The molecule has 8 nitrogen and oxygen atoms in total. The molecule has 184 valence electrons. The zero-order valence-electron chi connectivity index (χ0n) is 20.6. The van der Waals surface area contributed by atoms with E-state index in [1.54, 1.807) is 32.1 Å². The maximum Gasteiger partial charge on any atom is 0.342 e. The summed E-state index contributed by atoms with van der Waals surface area (Å²) in [5.41, 5.74) is 0.856. The number of hydrogen-bond acceptors (Lipinski definition) is 8. The van der Waals surface area contributed by atoms with Crippen LogP contribution < -0.4 is 9.47 Å². The summed E-state index contributed by atoms with van der Waals surface area (Å²) in [5.74, 6) is -0.478. The summed E-state index contributed by atoms with van der Waals surface area (Å²) in [4.78, 5) is 24.4. The maximum atomic E-state index is 13.0. The fraction of sp³-hybridized carbons (Fsp3) is 0.583. The molecule has 2 atom stereocenters. The molecule has 1 heterocycles. The van der Waals surface area contributed by atoms with E-state index in [1.807, 2.05) is 6.08 Å². The predicted octanol–water partition coefficient (Wildman–Crippen LogP) is 4.30. The maximum absolute atomic E-state index is 13.0. The van der Waals surface area contributed by atoms with Gasteiger partial charge in [-0.25, -0.2) is 4.79 Å². The van der Waals surface area contributed by atoms with Crippen molar-refractivity contribution >= 4 is 26.4 Å². The van der Waals surface area contributed by atoms with Crippen LogP contribution in [0.3, 0.4) is 0 Å². The molecule has 1 aliphatic rings. The second-order valence-corrected chi connectivity index (χ2v) is 15.1. The highest BCUT2D eigenvalue weighted by atomic mass is 28.3. The zero-order chi connectivity index (χ0) is 24.6. The molecular formula is C24H36O8Si. The van der Waals surface area contributed by atoms with Gasteiger partial charge in [0.2, 0.25) is 0 Å². The van der Waals surface area contributed by atoms with Crippen LogP contribution in [0.25, 0.3) is 6.08 Å². The minimum absolute atomic E-state index is 0.0329. The molecule has 1 aromatic carbocycles. The summed E-state index contributed by atoms with van der Waals surface area (Å²) >= 11 is 0. The molecule has 0 radical (unpaired) electrons. The SMILES string of the molecule is COCOc1cc(OC)cc(C=CC[C@@H]2OC(C)(C)OC2C=O)c1C(=O)OCC[Si](C)(C)C. The predicted molar refractivity (Wildman–Crippen MR) is 127 cm³/mol. The van der Waals surface area contributed by atoms with Crippen molar-refractivity contribution in [1.29, 1.82) is 0 Å². The molecule has 0 aromatic heterocycles. The van der Waals surface area contributed by atoms with Gasteiger partial charge in [-0.05, 0) is 37.9 Å². The monoisotopic (exact) mass is 480 g/mol. The summed E-state index contributed by atoms with van der Waals surface area (Å²) in [5, 5.41) is 0. The third-order valence-corrected chi connectivity index (χ3v) is 6.69. The molecular weight excluding hydrogens is 444 g/mol. The summed E-state index contributed by atoms with van der Waals surface area (Å²) < 4.78 is 33.1. The van der Waals surface area contributed by atoms with E-state index in [1.165, 1.54) is 14.2 Å². The Balaban J connectivity index is 2.30. The number of carbonyl (C=O) groups is 2. The lowest BCUT2D eigenvalue weighted by Gasteiger charge is -2.18. The van der Waals surface area contributed by atoms with Crippen LogP contribution in [0.4, 0.5) is 0 Å². The number of ether oxygens (including phenoxy) is 6. The van der Waals surface area contributed by atoms with Gasteiger partial charge in [-0.2, -0.15) is 0 Å². The number of esters is 1. The van der Waals surface area contributed by atoms with E-state index >= 15 is 0 Å². The van der Waals surface area contributed by atoms with Gasteiger partial charge in [-0.1, -0.05) is 31.8 Å². The Morgan fingerprint density at radius 2 is 1.91 bits per heavy atom. The Kier molecular flexibility index (Phi) is 9.66. The van der Waals surface area contributed by atoms with E-state index in [9.17, 15) is 9.59 Å². The molecule has 0 aliphatic carbocycles. The van der Waals surface area contributed by atoms with E-state index in [4.69, 9.17) is 28.4 Å². The van der Waals surface area contributed by atoms with E-state index in [-0.39, 0.29) is 12.4 Å². The molecule has 0 amide bonds. The van der Waals surface area contributed by atoms with Crippen molar-refractivity contribution in [3.8, 4) is 11.5 Å². The van der Waals surface area contributed by atoms with Gasteiger partial charge in [0.05, 0.1) is 19.8 Å². The average Bonchev–Trinajstić information content (AvgIpc) is 3.04. The Morgan fingerprint density at radius 3 is 2.52 bits per heavy atom. The molecule has 1 fully saturated rings. The van der Waals surface area contributed by atoms with Gasteiger partial charge in [0.25, 0.3) is 0 Å². The first-order valence-corrected chi connectivity index (χ1v) is 14.7. The Morgan fingerprint density at radius 1 is 1.18 bits per heavy atom. The number of carbonyl (C=O) groups excluding carboxylic acids is 2. The summed E-state index contributed by atoms with van der Waals surface area (Å²) in [7, 11) is 1.68. The molecule has 33 heavy (non-hydrogen) atoms. The van der Waals surface area contributed by atoms with Crippen LogP contribution in [-0.4, -0.2) is 65.9 Å². The first-order valence-electron chi connectivity index (χ1n) is 11.0. The second kappa shape index (κ2) is 11.8. The van der Waals surface area contributed by atoms with Crippen molar-refractivity contribution in [2.24, 2.45) is 0 Å². The third kappa shape index (κ3) is 8.26. The average molecular weight is 481 g/mol. The van der Waals surface area contributed by atoms with Crippen LogP contribution in [0.1, 0.15) is 36.2 Å². The Bertz CT molecular complexity index is 844. The second-order valence-electron chi connectivity index (χ2n) is 9.50. The minimum atomic E-state index is -1.36. The largest absolute Gasteiger partial charge is 0.497 e. The molecule has 0 spiro atoms. The van der Waals surface area contributed by atoms with Gasteiger partial charge >= 0.3 is 5.97 Å². The van der Waals surface area contributed by atoms with Crippen molar-refractivity contribution in [2.45, 2.75) is 63.9 Å². The van der Waals surface area contributed by atoms with Crippen molar-refractivity contribution in [1.82, 2.24) is 0 Å². The van der Waals surface area contributed by atoms with Gasteiger partial charge in [0.1, 0.15) is 23.2 Å². The van der Waals surface area contributed by atoms with Crippen LogP contribution >= 0.6 is 0 Å². The summed E-state index contributed by atoms with van der Waals surface area (Å²) in [6, 6.07) is 4.22. The first kappa shape index (κ1) is 27.0. The highest BCUT2D eigenvalue weighted by Gasteiger charge is 2.40. The van der Waals surface area contributed by atoms with Gasteiger partial charge in [-0.3, -0.25) is 0 Å². The molecule has 0 bridgehead atoms. The van der Waals surface area contributed by atoms with Crippen LogP contribution in [0.15, 0.2) is 18.2 Å². The van der Waals surface area contributed by atoms with E-state index in [2.05, 4.69) is 19.6 Å². The van der Waals surface area contributed by atoms with E-state index in [0.717, 1.165) is 12.3 Å². The Hall–Kier alpha value is -2.20. The van der Waals surface area contributed by atoms with Gasteiger partial charge < -0.3 is 33.2 Å². The number of benzene rings is 1. The van der Waals surface area contributed by atoms with E-state index < -0.39 is 32.0 Å². The molecule has 0 N–H and O–H groups in total. The van der Waals surface area contributed by atoms with Gasteiger partial charge in [-0.15, -0.1) is 0 Å². The molecule has 9 heteroatoms. The summed E-state index contributed by atoms with van der Waals surface area (Å²) in [6.45, 7) is 10.5. The molecule has 1 aromatic rings. The molecule has 2 rings (SSSR count). The van der Waals surface area contributed by atoms with Gasteiger partial charge in [0.15, 0.2) is 18.9 Å². The van der Waals surface area contributed by atoms with Crippen molar-refractivity contribution < 1.29 is 38.0 Å². The molecule has 1 saturated heterocycles. The quantitative estimate of drug-likeness (QED) is 0.189. The van der Waals surface area contributed by atoms with Crippen LogP contribution in [0.5, 0.6) is 11.5 Å². The molecule has 1 aliphatic heterocycles. The topological polar surface area (TPSA) is 89.5 Å². The van der Waals surface area contributed by atoms with Crippen LogP contribution in [0, 0.1) is 0 Å². The van der Waals surface area contributed by atoms with E-state index in [0.29, 0.717) is 30.1 Å². The highest BCUT2D eigenvalue weighted by Crippen LogP contribution is 2.32. The number of methoxy groups -OCH3 is 2. The Labute approximate surface area is 197 Å². The normalized spacial score (nSPS) is 20.1. The fourth-order valence-electron chi connectivity index (χ4n) is 3.33. The molecule has 1 unspecified atom stereocenters. The highest BCUT2D eigenvalue weighted by molar-refractivity contribution is 6.76. The standard InChI is InChI=1S/C24H36O8Si/c1-24(2)31-19(21(15-25)32-24)10-8-9-17-13-18(28-4)14-20(30-16-27-3)22(17)23(26)29-11-12-33(5,6)7/h8-9,13-15,19,21H,10-12,16H2,1-7H3/t19-,21?/m0/s1. The van der Waals surface area contributed by atoms with Crippen LogP contribution in [-0.2, 0) is 23.7 Å². The lowest BCUT2D eigenvalue weighted by molar-refractivity contribution is -0.149. The lowest BCUT2D eigenvalue weighted by atomic mass is 10.0. The first-order chi connectivity index (χ1) is 15.5.